The van der Waals surface area contributed by atoms with Gasteiger partial charge in [0.05, 0.1) is 11.4 Å². The molecule has 2 aromatic rings. The van der Waals surface area contributed by atoms with Gasteiger partial charge in [0.2, 0.25) is 10.0 Å². The molecule has 1 fully saturated rings. The predicted molar refractivity (Wildman–Crippen MR) is 119 cm³/mol. The fraction of sp³-hybridized carbons (Fsp3) is 0.435. The van der Waals surface area contributed by atoms with Crippen LogP contribution in [-0.4, -0.2) is 51.5 Å². The van der Waals surface area contributed by atoms with Gasteiger partial charge in [0.25, 0.3) is 5.91 Å². The van der Waals surface area contributed by atoms with Crippen molar-refractivity contribution >= 4 is 15.9 Å². The lowest BCUT2D eigenvalue weighted by Crippen LogP contribution is -2.35. The molecule has 3 rings (SSSR count). The van der Waals surface area contributed by atoms with Gasteiger partial charge in [0.15, 0.2) is 6.61 Å². The van der Waals surface area contributed by atoms with Gasteiger partial charge in [-0.15, -0.1) is 0 Å². The normalized spacial score (nSPS) is 14.8. The Hall–Kier alpha value is -2.58. The molecule has 1 aliphatic rings. The molecule has 168 valence electrons. The molecule has 0 aromatic heterocycles. The molecule has 8 heteroatoms. The zero-order chi connectivity index (χ0) is 22.3. The Bertz CT molecular complexity index is 963. The van der Waals surface area contributed by atoms with Gasteiger partial charge in [0.1, 0.15) is 18.1 Å². The number of carbonyl (C=O) groups excluding carboxylic acids is 1. The molecule has 0 radical (unpaired) electrons. The first-order valence-corrected chi connectivity index (χ1v) is 12.0. The highest BCUT2D eigenvalue weighted by molar-refractivity contribution is 7.89. The van der Waals surface area contributed by atoms with Crippen molar-refractivity contribution in [2.24, 2.45) is 0 Å². The predicted octanol–water partition coefficient (Wildman–Crippen LogP) is 3.05. The average Bonchev–Trinajstić information content (AvgIpc) is 2.75. The number of hydrogen-bond acceptors (Lipinski definition) is 5. The second-order valence-corrected chi connectivity index (χ2v) is 9.68. The van der Waals surface area contributed by atoms with Crippen molar-refractivity contribution in [1.29, 1.82) is 0 Å². The first-order chi connectivity index (χ1) is 14.8. The standard InChI is InChI=1S/C23H30N2O5S/c1-18-14-19(2)16-21(15-18)30-17-23(26)24-10-13-29-20-6-8-22(9-7-20)31(27,28)25-11-4-3-5-12-25/h6-9,14-16H,3-5,10-13,17H2,1-2H3,(H,24,26). The van der Waals surface area contributed by atoms with Gasteiger partial charge >= 0.3 is 0 Å². The van der Waals surface area contributed by atoms with Crippen molar-refractivity contribution in [2.75, 3.05) is 32.8 Å². The summed E-state index contributed by atoms with van der Waals surface area (Å²) in [5.74, 6) is 0.993. The molecule has 1 heterocycles. The molecular formula is C23H30N2O5S. The molecule has 0 bridgehead atoms. The number of ether oxygens (including phenoxy) is 2. The van der Waals surface area contributed by atoms with Gasteiger partial charge < -0.3 is 14.8 Å². The molecule has 7 nitrogen and oxygen atoms in total. The highest BCUT2D eigenvalue weighted by Gasteiger charge is 2.25. The van der Waals surface area contributed by atoms with Crippen molar-refractivity contribution < 1.29 is 22.7 Å². The van der Waals surface area contributed by atoms with Crippen LogP contribution in [0, 0.1) is 13.8 Å². The SMILES string of the molecule is Cc1cc(C)cc(OCC(=O)NCCOc2ccc(S(=O)(=O)N3CCCCC3)cc2)c1. The molecule has 0 unspecified atom stereocenters. The zero-order valence-electron chi connectivity index (χ0n) is 18.1. The second-order valence-electron chi connectivity index (χ2n) is 7.75. The first-order valence-electron chi connectivity index (χ1n) is 10.6. The Labute approximate surface area is 184 Å². The van der Waals surface area contributed by atoms with E-state index in [1.54, 1.807) is 28.6 Å². The van der Waals surface area contributed by atoms with E-state index in [1.165, 1.54) is 0 Å². The van der Waals surface area contributed by atoms with Gasteiger partial charge in [0, 0.05) is 13.1 Å². The summed E-state index contributed by atoms with van der Waals surface area (Å²) in [6.45, 7) is 5.64. The number of sulfonamides is 1. The minimum Gasteiger partial charge on any atom is -0.492 e. The van der Waals surface area contributed by atoms with Crippen LogP contribution < -0.4 is 14.8 Å². The largest absolute Gasteiger partial charge is 0.492 e. The van der Waals surface area contributed by atoms with Crippen LogP contribution >= 0.6 is 0 Å². The maximum atomic E-state index is 12.7. The molecule has 0 spiro atoms. The smallest absolute Gasteiger partial charge is 0.258 e. The van der Waals surface area contributed by atoms with Crippen LogP contribution in [0.1, 0.15) is 30.4 Å². The molecule has 0 saturated carbocycles. The Morgan fingerprint density at radius 1 is 0.935 bits per heavy atom. The van der Waals surface area contributed by atoms with Gasteiger partial charge in [-0.05, 0) is 74.2 Å². The Morgan fingerprint density at radius 2 is 1.58 bits per heavy atom. The molecule has 2 aromatic carbocycles. The van der Waals surface area contributed by atoms with Gasteiger partial charge in [-0.25, -0.2) is 8.42 Å². The summed E-state index contributed by atoms with van der Waals surface area (Å²) >= 11 is 0. The molecule has 1 aliphatic heterocycles. The summed E-state index contributed by atoms with van der Waals surface area (Å²) < 4.78 is 38.0. The second kappa shape index (κ2) is 10.6. The molecule has 0 aliphatic carbocycles. The highest BCUT2D eigenvalue weighted by Crippen LogP contribution is 2.22. The monoisotopic (exact) mass is 446 g/mol. The third kappa shape index (κ3) is 6.70. The lowest BCUT2D eigenvalue weighted by molar-refractivity contribution is -0.123. The lowest BCUT2D eigenvalue weighted by atomic mass is 10.1. The zero-order valence-corrected chi connectivity index (χ0v) is 18.9. The first kappa shape index (κ1) is 23.1. The number of nitrogens with one attached hydrogen (secondary N) is 1. The quantitative estimate of drug-likeness (QED) is 0.599. The number of nitrogens with zero attached hydrogens (tertiary/aromatic N) is 1. The van der Waals surface area contributed by atoms with E-state index >= 15 is 0 Å². The van der Waals surface area contributed by atoms with Crippen LogP contribution in [0.15, 0.2) is 47.4 Å². The average molecular weight is 447 g/mol. The van der Waals surface area contributed by atoms with E-state index in [1.807, 2.05) is 32.0 Å². The minimum absolute atomic E-state index is 0.0635. The fourth-order valence-corrected chi connectivity index (χ4v) is 5.05. The number of carbonyl (C=O) groups is 1. The number of aryl methyl sites for hydroxylation is 2. The summed E-state index contributed by atoms with van der Waals surface area (Å²) in [4.78, 5) is 12.2. The Balaban J connectivity index is 1.40. The number of rotatable bonds is 9. The fourth-order valence-electron chi connectivity index (χ4n) is 3.54. The van der Waals surface area contributed by atoms with Crippen LogP contribution in [0.2, 0.25) is 0 Å². The minimum atomic E-state index is -3.44. The third-order valence-electron chi connectivity index (χ3n) is 5.03. The summed E-state index contributed by atoms with van der Waals surface area (Å²) in [6, 6.07) is 12.2. The lowest BCUT2D eigenvalue weighted by Gasteiger charge is -2.25. The molecule has 31 heavy (non-hydrogen) atoms. The van der Waals surface area contributed by atoms with Crippen molar-refractivity contribution in [1.82, 2.24) is 9.62 Å². The Kier molecular flexibility index (Phi) is 7.92. The maximum Gasteiger partial charge on any atom is 0.258 e. The van der Waals surface area contributed by atoms with Crippen LogP contribution in [0.4, 0.5) is 0 Å². The van der Waals surface area contributed by atoms with E-state index in [0.717, 1.165) is 30.4 Å². The number of hydrogen-bond donors (Lipinski definition) is 1. The van der Waals surface area contributed by atoms with Crippen LogP contribution in [0.25, 0.3) is 0 Å². The third-order valence-corrected chi connectivity index (χ3v) is 6.95. The molecular weight excluding hydrogens is 416 g/mol. The van der Waals surface area contributed by atoms with E-state index in [0.29, 0.717) is 31.1 Å². The summed E-state index contributed by atoms with van der Waals surface area (Å²) in [7, 11) is -3.44. The van der Waals surface area contributed by atoms with Crippen molar-refractivity contribution in [3.8, 4) is 11.5 Å². The van der Waals surface area contributed by atoms with Gasteiger partial charge in [-0.3, -0.25) is 4.79 Å². The number of piperidine rings is 1. The van der Waals surface area contributed by atoms with Gasteiger partial charge in [-0.1, -0.05) is 12.5 Å². The summed E-state index contributed by atoms with van der Waals surface area (Å²) in [5.41, 5.74) is 2.16. The van der Waals surface area contributed by atoms with Crippen LogP contribution in [0.3, 0.4) is 0 Å². The number of benzene rings is 2. The molecule has 1 N–H and O–H groups in total. The van der Waals surface area contributed by atoms with Crippen LogP contribution in [-0.2, 0) is 14.8 Å². The van der Waals surface area contributed by atoms with Crippen molar-refractivity contribution in [3.63, 3.8) is 0 Å². The van der Waals surface area contributed by atoms with E-state index in [4.69, 9.17) is 9.47 Å². The molecule has 1 amide bonds. The van der Waals surface area contributed by atoms with Gasteiger partial charge in [-0.2, -0.15) is 4.31 Å². The summed E-state index contributed by atoms with van der Waals surface area (Å²) in [5, 5.41) is 2.74. The maximum absolute atomic E-state index is 12.7. The van der Waals surface area contributed by atoms with E-state index in [-0.39, 0.29) is 24.0 Å². The highest BCUT2D eigenvalue weighted by atomic mass is 32.2. The Morgan fingerprint density at radius 3 is 2.23 bits per heavy atom. The number of amides is 1. The topological polar surface area (TPSA) is 84.9 Å². The van der Waals surface area contributed by atoms with E-state index in [9.17, 15) is 13.2 Å². The van der Waals surface area contributed by atoms with E-state index in [2.05, 4.69) is 5.32 Å². The van der Waals surface area contributed by atoms with Crippen molar-refractivity contribution in [3.05, 3.63) is 53.6 Å². The molecule has 0 atom stereocenters. The van der Waals surface area contributed by atoms with E-state index < -0.39 is 10.0 Å². The summed E-state index contributed by atoms with van der Waals surface area (Å²) in [6.07, 6.45) is 2.89. The molecule has 1 saturated heterocycles. The van der Waals surface area contributed by atoms with Crippen molar-refractivity contribution in [2.45, 2.75) is 38.0 Å². The van der Waals surface area contributed by atoms with Crippen LogP contribution in [0.5, 0.6) is 11.5 Å².